The van der Waals surface area contributed by atoms with Crippen molar-refractivity contribution in [1.82, 2.24) is 4.90 Å². The second kappa shape index (κ2) is 2.92. The van der Waals surface area contributed by atoms with Crippen molar-refractivity contribution in [2.24, 2.45) is 0 Å². The Bertz CT molecular complexity index is 232. The lowest BCUT2D eigenvalue weighted by Crippen LogP contribution is -2.45. The lowest BCUT2D eigenvalue weighted by molar-refractivity contribution is -0.130. The van der Waals surface area contributed by atoms with E-state index in [1.54, 1.807) is 6.08 Å². The van der Waals surface area contributed by atoms with Crippen LogP contribution in [-0.4, -0.2) is 23.4 Å². The fourth-order valence-electron chi connectivity index (χ4n) is 2.23. The van der Waals surface area contributed by atoms with Gasteiger partial charge in [-0.05, 0) is 32.6 Å². The van der Waals surface area contributed by atoms with E-state index < -0.39 is 0 Å². The number of fused-ring (bicyclic) bond motifs is 1. The van der Waals surface area contributed by atoms with Crippen LogP contribution in [0.2, 0.25) is 0 Å². The summed E-state index contributed by atoms with van der Waals surface area (Å²) in [7, 11) is 0. The van der Waals surface area contributed by atoms with Crippen LogP contribution in [0.5, 0.6) is 0 Å². The maximum absolute atomic E-state index is 11.5. The molecule has 0 bridgehead atoms. The van der Waals surface area contributed by atoms with Crippen LogP contribution in [0.25, 0.3) is 0 Å². The molecule has 0 saturated carbocycles. The van der Waals surface area contributed by atoms with E-state index in [4.69, 9.17) is 0 Å². The van der Waals surface area contributed by atoms with Crippen LogP contribution >= 0.6 is 0 Å². The predicted molar refractivity (Wildman–Crippen MR) is 47.7 cm³/mol. The summed E-state index contributed by atoms with van der Waals surface area (Å²) in [5, 5.41) is 0. The smallest absolute Gasteiger partial charge is 0.246 e. The van der Waals surface area contributed by atoms with Crippen molar-refractivity contribution < 1.29 is 4.79 Å². The summed E-state index contributed by atoms with van der Waals surface area (Å²) in [5.74, 6) is 0.239. The van der Waals surface area contributed by atoms with Crippen molar-refractivity contribution in [2.75, 3.05) is 6.54 Å². The molecule has 0 spiro atoms. The summed E-state index contributed by atoms with van der Waals surface area (Å²) in [6.07, 6.45) is 6.58. The molecule has 1 fully saturated rings. The van der Waals surface area contributed by atoms with Gasteiger partial charge in [-0.25, -0.2) is 0 Å². The lowest BCUT2D eigenvalue weighted by Gasteiger charge is -2.38. The first kappa shape index (κ1) is 7.84. The van der Waals surface area contributed by atoms with Gasteiger partial charge >= 0.3 is 0 Å². The van der Waals surface area contributed by atoms with Gasteiger partial charge in [0.2, 0.25) is 5.91 Å². The molecule has 1 amide bonds. The van der Waals surface area contributed by atoms with E-state index in [9.17, 15) is 4.79 Å². The molecule has 2 heterocycles. The fourth-order valence-corrected chi connectivity index (χ4v) is 2.23. The third kappa shape index (κ3) is 1.26. The molecule has 2 rings (SSSR count). The van der Waals surface area contributed by atoms with Crippen molar-refractivity contribution in [1.29, 1.82) is 0 Å². The van der Waals surface area contributed by atoms with E-state index in [1.165, 1.54) is 24.8 Å². The first-order chi connectivity index (χ1) is 5.77. The zero-order chi connectivity index (χ0) is 8.55. The zero-order valence-electron chi connectivity index (χ0n) is 7.55. The minimum absolute atomic E-state index is 0.239. The maximum Gasteiger partial charge on any atom is 0.246 e. The van der Waals surface area contributed by atoms with Gasteiger partial charge in [-0.1, -0.05) is 5.57 Å². The molecule has 2 heteroatoms. The van der Waals surface area contributed by atoms with Gasteiger partial charge in [0.15, 0.2) is 0 Å². The SMILES string of the molecule is CC1=CC(=O)N2CCCCC2C1. The average molecular weight is 165 g/mol. The highest BCUT2D eigenvalue weighted by Gasteiger charge is 2.28. The van der Waals surface area contributed by atoms with Gasteiger partial charge in [0.25, 0.3) is 0 Å². The summed E-state index contributed by atoms with van der Waals surface area (Å²) in [6.45, 7) is 3.04. The first-order valence-corrected chi connectivity index (χ1v) is 4.75. The highest BCUT2D eigenvalue weighted by molar-refractivity contribution is 5.89. The lowest BCUT2D eigenvalue weighted by atomic mass is 9.93. The number of piperidine rings is 1. The second-order valence-electron chi connectivity index (χ2n) is 3.88. The van der Waals surface area contributed by atoms with Gasteiger partial charge in [0.1, 0.15) is 0 Å². The number of hydrogen-bond acceptors (Lipinski definition) is 1. The van der Waals surface area contributed by atoms with Crippen LogP contribution in [0.15, 0.2) is 11.6 Å². The molecule has 0 aromatic carbocycles. The van der Waals surface area contributed by atoms with Crippen molar-refractivity contribution in [3.8, 4) is 0 Å². The number of carbonyl (C=O) groups excluding carboxylic acids is 1. The Morgan fingerprint density at radius 1 is 1.50 bits per heavy atom. The van der Waals surface area contributed by atoms with Crippen molar-refractivity contribution in [3.63, 3.8) is 0 Å². The summed E-state index contributed by atoms with van der Waals surface area (Å²) >= 11 is 0. The van der Waals surface area contributed by atoms with E-state index in [0.29, 0.717) is 6.04 Å². The molecule has 2 aliphatic rings. The predicted octanol–water partition coefficient (Wildman–Crippen LogP) is 1.72. The minimum atomic E-state index is 0.239. The van der Waals surface area contributed by atoms with Gasteiger partial charge in [-0.3, -0.25) is 4.79 Å². The molecule has 0 aliphatic carbocycles. The topological polar surface area (TPSA) is 20.3 Å². The Balaban J connectivity index is 2.18. The molecule has 66 valence electrons. The molecule has 0 N–H and O–H groups in total. The normalized spacial score (nSPS) is 29.8. The van der Waals surface area contributed by atoms with E-state index in [1.807, 2.05) is 4.90 Å². The van der Waals surface area contributed by atoms with Gasteiger partial charge in [0.05, 0.1) is 0 Å². The van der Waals surface area contributed by atoms with Crippen LogP contribution in [-0.2, 0) is 4.79 Å². The van der Waals surface area contributed by atoms with Crippen LogP contribution in [0.1, 0.15) is 32.6 Å². The molecule has 1 unspecified atom stereocenters. The molecule has 2 aliphatic heterocycles. The molecule has 1 saturated heterocycles. The van der Waals surface area contributed by atoms with Crippen LogP contribution in [0, 0.1) is 0 Å². The van der Waals surface area contributed by atoms with E-state index in [2.05, 4.69) is 6.92 Å². The van der Waals surface area contributed by atoms with E-state index in [0.717, 1.165) is 13.0 Å². The molecule has 0 aromatic rings. The maximum atomic E-state index is 11.5. The van der Waals surface area contributed by atoms with Crippen LogP contribution < -0.4 is 0 Å². The van der Waals surface area contributed by atoms with Crippen molar-refractivity contribution in [2.45, 2.75) is 38.6 Å². The van der Waals surface area contributed by atoms with E-state index in [-0.39, 0.29) is 5.91 Å². The Hall–Kier alpha value is -0.790. The molecule has 2 nitrogen and oxygen atoms in total. The summed E-state index contributed by atoms with van der Waals surface area (Å²) in [5.41, 5.74) is 1.25. The summed E-state index contributed by atoms with van der Waals surface area (Å²) in [6, 6.07) is 0.524. The molecular formula is C10H15NO. The molecule has 1 atom stereocenters. The number of hydrogen-bond donors (Lipinski definition) is 0. The van der Waals surface area contributed by atoms with Gasteiger partial charge in [-0.15, -0.1) is 0 Å². The average Bonchev–Trinajstić information content (AvgIpc) is 2.04. The van der Waals surface area contributed by atoms with Gasteiger partial charge < -0.3 is 4.90 Å². The van der Waals surface area contributed by atoms with Gasteiger partial charge in [0, 0.05) is 18.7 Å². The second-order valence-corrected chi connectivity index (χ2v) is 3.88. The van der Waals surface area contributed by atoms with Gasteiger partial charge in [-0.2, -0.15) is 0 Å². The molecule has 0 radical (unpaired) electrons. The number of carbonyl (C=O) groups is 1. The van der Waals surface area contributed by atoms with Crippen LogP contribution in [0.4, 0.5) is 0 Å². The number of nitrogens with zero attached hydrogens (tertiary/aromatic N) is 1. The molecule has 12 heavy (non-hydrogen) atoms. The fraction of sp³-hybridized carbons (Fsp3) is 0.700. The largest absolute Gasteiger partial charge is 0.336 e. The zero-order valence-corrected chi connectivity index (χ0v) is 7.55. The molecule has 0 aromatic heterocycles. The molecular weight excluding hydrogens is 150 g/mol. The monoisotopic (exact) mass is 165 g/mol. The number of amides is 1. The third-order valence-corrected chi connectivity index (χ3v) is 2.84. The van der Waals surface area contributed by atoms with Crippen molar-refractivity contribution in [3.05, 3.63) is 11.6 Å². The highest BCUT2D eigenvalue weighted by Crippen LogP contribution is 2.26. The van der Waals surface area contributed by atoms with E-state index >= 15 is 0 Å². The van der Waals surface area contributed by atoms with Crippen LogP contribution in [0.3, 0.4) is 0 Å². The first-order valence-electron chi connectivity index (χ1n) is 4.75. The Morgan fingerprint density at radius 2 is 2.33 bits per heavy atom. The quantitative estimate of drug-likeness (QED) is 0.535. The minimum Gasteiger partial charge on any atom is -0.336 e. The summed E-state index contributed by atoms with van der Waals surface area (Å²) in [4.78, 5) is 13.5. The summed E-state index contributed by atoms with van der Waals surface area (Å²) < 4.78 is 0. The standard InChI is InChI=1S/C10H15NO/c1-8-6-9-4-2-3-5-11(9)10(12)7-8/h7,9H,2-6H2,1H3. The Kier molecular flexibility index (Phi) is 1.91. The highest BCUT2D eigenvalue weighted by atomic mass is 16.2. The Morgan fingerprint density at radius 3 is 3.17 bits per heavy atom. The number of rotatable bonds is 0. The third-order valence-electron chi connectivity index (χ3n) is 2.84. The Labute approximate surface area is 73.2 Å². The van der Waals surface area contributed by atoms with Crippen molar-refractivity contribution >= 4 is 5.91 Å².